The molecule has 1 aliphatic rings. The first kappa shape index (κ1) is 19.0. The number of aryl methyl sites for hydroxylation is 2. The van der Waals surface area contributed by atoms with Crippen LogP contribution >= 0.6 is 23.1 Å². The number of para-hydroxylation sites is 1. The Kier molecular flexibility index (Phi) is 4.67. The lowest BCUT2D eigenvalue weighted by molar-refractivity contribution is -0.116. The number of carbonyl (C=O) groups excluding carboxylic acids is 1. The Labute approximate surface area is 180 Å². The molecular formula is C20H18N6O2S2. The Morgan fingerprint density at radius 3 is 2.87 bits per heavy atom. The number of nitrogens with one attached hydrogen (secondary N) is 1. The second kappa shape index (κ2) is 7.37. The van der Waals surface area contributed by atoms with Crippen molar-refractivity contribution in [1.29, 1.82) is 0 Å². The number of carbonyl (C=O) groups is 1. The summed E-state index contributed by atoms with van der Waals surface area (Å²) < 4.78 is 3.34. The van der Waals surface area contributed by atoms with E-state index in [9.17, 15) is 9.59 Å². The van der Waals surface area contributed by atoms with Crippen LogP contribution in [-0.2, 0) is 4.79 Å². The molecule has 5 rings (SSSR count). The zero-order chi connectivity index (χ0) is 20.8. The summed E-state index contributed by atoms with van der Waals surface area (Å²) in [6.07, 6.45) is 1.75. The third kappa shape index (κ3) is 3.21. The van der Waals surface area contributed by atoms with E-state index in [1.165, 1.54) is 23.1 Å². The molecule has 0 bridgehead atoms. The maximum atomic E-state index is 13.2. The Morgan fingerprint density at radius 1 is 1.27 bits per heavy atom. The van der Waals surface area contributed by atoms with Gasteiger partial charge in [0.2, 0.25) is 5.91 Å². The third-order valence-electron chi connectivity index (χ3n) is 5.00. The van der Waals surface area contributed by atoms with Crippen molar-refractivity contribution in [2.45, 2.75) is 31.5 Å². The van der Waals surface area contributed by atoms with Gasteiger partial charge in [0, 0.05) is 17.6 Å². The molecule has 3 aromatic heterocycles. The molecular weight excluding hydrogens is 420 g/mol. The monoisotopic (exact) mass is 438 g/mol. The summed E-state index contributed by atoms with van der Waals surface area (Å²) in [5.74, 6) is 0.460. The van der Waals surface area contributed by atoms with Crippen LogP contribution in [0.5, 0.6) is 0 Å². The standard InChI is InChI=1S/C20H18N6O2S2/c1-11-5-3-4-6-15(11)26-17-14(8-21-26)18(28)25-13(10-30-20(25)24-17)7-16(27)23-19-22-12(2)9-29-19/h3-6,8-9,13H,7,10H2,1-2H3,(H,22,23,27). The van der Waals surface area contributed by atoms with Crippen LogP contribution < -0.4 is 10.9 Å². The van der Waals surface area contributed by atoms with Crippen molar-refractivity contribution in [2.75, 3.05) is 11.1 Å². The van der Waals surface area contributed by atoms with Gasteiger partial charge in [-0.3, -0.25) is 14.2 Å². The Bertz CT molecular complexity index is 1340. The van der Waals surface area contributed by atoms with Crippen LogP contribution in [0.4, 0.5) is 5.13 Å². The molecule has 1 N–H and O–H groups in total. The lowest BCUT2D eigenvalue weighted by atomic mass is 10.2. The average molecular weight is 439 g/mol. The zero-order valence-corrected chi connectivity index (χ0v) is 18.0. The summed E-state index contributed by atoms with van der Waals surface area (Å²) in [5, 5.41) is 10.8. The van der Waals surface area contributed by atoms with E-state index in [1.807, 2.05) is 43.5 Å². The largest absolute Gasteiger partial charge is 0.302 e. The second-order valence-corrected chi connectivity index (χ2v) is 9.01. The van der Waals surface area contributed by atoms with E-state index >= 15 is 0 Å². The molecule has 10 heteroatoms. The van der Waals surface area contributed by atoms with E-state index in [0.717, 1.165) is 16.9 Å². The molecule has 1 amide bonds. The van der Waals surface area contributed by atoms with Crippen LogP contribution in [0.2, 0.25) is 0 Å². The van der Waals surface area contributed by atoms with Crippen molar-refractivity contribution >= 4 is 45.2 Å². The lowest BCUT2D eigenvalue weighted by Gasteiger charge is -2.13. The van der Waals surface area contributed by atoms with Gasteiger partial charge < -0.3 is 5.32 Å². The summed E-state index contributed by atoms with van der Waals surface area (Å²) in [6.45, 7) is 3.88. The van der Waals surface area contributed by atoms with Crippen molar-refractivity contribution < 1.29 is 4.79 Å². The maximum absolute atomic E-state index is 13.2. The van der Waals surface area contributed by atoms with Crippen LogP contribution in [-0.4, -0.2) is 36.0 Å². The van der Waals surface area contributed by atoms with Crippen molar-refractivity contribution in [2.24, 2.45) is 0 Å². The Hall–Kier alpha value is -2.98. The summed E-state index contributed by atoms with van der Waals surface area (Å²) in [4.78, 5) is 34.7. The van der Waals surface area contributed by atoms with E-state index in [-0.39, 0.29) is 23.9 Å². The van der Waals surface area contributed by atoms with Crippen LogP contribution in [0.25, 0.3) is 16.7 Å². The summed E-state index contributed by atoms with van der Waals surface area (Å²) in [7, 11) is 0. The van der Waals surface area contributed by atoms with Gasteiger partial charge in [0.25, 0.3) is 5.56 Å². The topological polar surface area (TPSA) is 94.7 Å². The first-order valence-electron chi connectivity index (χ1n) is 9.42. The fraction of sp³-hybridized carbons (Fsp3) is 0.250. The number of fused-ring (bicyclic) bond motifs is 2. The minimum atomic E-state index is -0.253. The highest BCUT2D eigenvalue weighted by Gasteiger charge is 2.30. The van der Waals surface area contributed by atoms with Crippen molar-refractivity contribution in [3.63, 3.8) is 0 Å². The van der Waals surface area contributed by atoms with Gasteiger partial charge >= 0.3 is 0 Å². The molecule has 0 saturated heterocycles. The van der Waals surface area contributed by atoms with E-state index in [0.29, 0.717) is 27.1 Å². The molecule has 8 nitrogen and oxygen atoms in total. The van der Waals surface area contributed by atoms with E-state index in [2.05, 4.69) is 15.4 Å². The number of hydrogen-bond acceptors (Lipinski definition) is 7. The molecule has 0 aliphatic carbocycles. The highest BCUT2D eigenvalue weighted by molar-refractivity contribution is 7.99. The smallest absolute Gasteiger partial charge is 0.265 e. The minimum absolute atomic E-state index is 0.162. The molecule has 0 spiro atoms. The van der Waals surface area contributed by atoms with E-state index < -0.39 is 0 Å². The van der Waals surface area contributed by atoms with Gasteiger partial charge in [0.05, 0.1) is 23.6 Å². The Balaban J connectivity index is 1.48. The maximum Gasteiger partial charge on any atom is 0.265 e. The minimum Gasteiger partial charge on any atom is -0.302 e. The van der Waals surface area contributed by atoms with Crippen LogP contribution in [0.15, 0.2) is 45.8 Å². The van der Waals surface area contributed by atoms with Crippen molar-refractivity contribution in [3.8, 4) is 5.69 Å². The number of nitrogens with zero attached hydrogens (tertiary/aromatic N) is 5. The van der Waals surface area contributed by atoms with Gasteiger partial charge in [-0.25, -0.2) is 14.6 Å². The van der Waals surface area contributed by atoms with Crippen LogP contribution in [0.1, 0.15) is 23.7 Å². The van der Waals surface area contributed by atoms with Gasteiger partial charge in [-0.1, -0.05) is 30.0 Å². The number of amides is 1. The number of hydrogen-bond donors (Lipinski definition) is 1. The fourth-order valence-electron chi connectivity index (χ4n) is 3.55. The number of aromatic nitrogens is 5. The van der Waals surface area contributed by atoms with Gasteiger partial charge in [-0.2, -0.15) is 5.10 Å². The van der Waals surface area contributed by atoms with Gasteiger partial charge in [-0.15, -0.1) is 11.3 Å². The van der Waals surface area contributed by atoms with E-state index in [4.69, 9.17) is 4.98 Å². The van der Waals surface area contributed by atoms with Crippen molar-refractivity contribution in [3.05, 3.63) is 57.5 Å². The number of thioether (sulfide) groups is 1. The normalized spacial score (nSPS) is 15.5. The number of benzene rings is 1. The van der Waals surface area contributed by atoms with Crippen molar-refractivity contribution in [1.82, 2.24) is 24.3 Å². The molecule has 1 aromatic carbocycles. The fourth-order valence-corrected chi connectivity index (χ4v) is 5.39. The van der Waals surface area contributed by atoms with Crippen LogP contribution in [0.3, 0.4) is 0 Å². The highest BCUT2D eigenvalue weighted by Crippen LogP contribution is 2.33. The first-order valence-corrected chi connectivity index (χ1v) is 11.3. The molecule has 0 radical (unpaired) electrons. The van der Waals surface area contributed by atoms with Gasteiger partial charge in [0.1, 0.15) is 5.39 Å². The average Bonchev–Trinajstić information content (AvgIpc) is 3.42. The van der Waals surface area contributed by atoms with Gasteiger partial charge in [0.15, 0.2) is 15.9 Å². The van der Waals surface area contributed by atoms with E-state index in [1.54, 1.807) is 15.4 Å². The summed E-state index contributed by atoms with van der Waals surface area (Å²) in [5.41, 5.74) is 3.18. The number of rotatable bonds is 4. The molecule has 30 heavy (non-hydrogen) atoms. The quantitative estimate of drug-likeness (QED) is 0.491. The highest BCUT2D eigenvalue weighted by atomic mass is 32.2. The first-order chi connectivity index (χ1) is 14.5. The predicted molar refractivity (Wildman–Crippen MR) is 118 cm³/mol. The molecule has 4 aromatic rings. The Morgan fingerprint density at radius 2 is 2.10 bits per heavy atom. The molecule has 1 aliphatic heterocycles. The third-order valence-corrected chi connectivity index (χ3v) is 6.97. The lowest BCUT2D eigenvalue weighted by Crippen LogP contribution is -2.27. The molecule has 152 valence electrons. The molecule has 1 atom stereocenters. The number of thiazole rings is 1. The number of anilines is 1. The zero-order valence-electron chi connectivity index (χ0n) is 16.3. The molecule has 4 heterocycles. The molecule has 0 saturated carbocycles. The molecule has 1 unspecified atom stereocenters. The van der Waals surface area contributed by atoms with Gasteiger partial charge in [-0.05, 0) is 25.5 Å². The second-order valence-electron chi connectivity index (χ2n) is 7.16. The SMILES string of the molecule is Cc1csc(NC(=O)CC2CSc3nc4c(cnn4-c4ccccc4C)c(=O)n32)n1. The molecule has 0 fully saturated rings. The van der Waals surface area contributed by atoms with Crippen LogP contribution in [0, 0.1) is 13.8 Å². The predicted octanol–water partition coefficient (Wildman–Crippen LogP) is 3.33. The summed E-state index contributed by atoms with van der Waals surface area (Å²) >= 11 is 2.87. The summed E-state index contributed by atoms with van der Waals surface area (Å²) in [6, 6.07) is 7.59.